The van der Waals surface area contributed by atoms with E-state index in [1.54, 1.807) is 12.1 Å². The fourth-order valence-corrected chi connectivity index (χ4v) is 4.21. The molecule has 1 heterocycles. The first-order valence-corrected chi connectivity index (χ1v) is 11.9. The van der Waals surface area contributed by atoms with Crippen LogP contribution in [-0.2, 0) is 11.3 Å². The molecule has 176 valence electrons. The fourth-order valence-electron chi connectivity index (χ4n) is 3.78. The highest BCUT2D eigenvalue weighted by molar-refractivity contribution is 7.80. The van der Waals surface area contributed by atoms with Crippen molar-refractivity contribution in [2.45, 2.75) is 6.54 Å². The summed E-state index contributed by atoms with van der Waals surface area (Å²) in [6.45, 7) is 4.63. The number of anilines is 2. The van der Waals surface area contributed by atoms with Crippen LogP contribution in [0.2, 0.25) is 5.02 Å². The molecule has 6 nitrogen and oxygen atoms in total. The average Bonchev–Trinajstić information content (AvgIpc) is 2.86. The number of para-hydroxylation sites is 1. The maximum absolute atomic E-state index is 12.1. The van der Waals surface area contributed by atoms with Gasteiger partial charge in [0.2, 0.25) is 0 Å². The molecular weight excluding hydrogens is 468 g/mol. The van der Waals surface area contributed by atoms with Crippen LogP contribution in [0, 0.1) is 0 Å². The number of benzene rings is 3. The van der Waals surface area contributed by atoms with Gasteiger partial charge >= 0.3 is 0 Å². The Morgan fingerprint density at radius 2 is 1.59 bits per heavy atom. The summed E-state index contributed by atoms with van der Waals surface area (Å²) in [5.74, 6) is 0.324. The standard InChI is InChI=1S/C26H27ClN4O2S/c27-24-9-5-4-6-20(24)18-30-14-16-31(17-15-30)22-12-10-21(11-13-22)28-26(34)29-25(32)19-33-23-7-2-1-3-8-23/h1-13H,14-19H2,(H2,28,29,32,34). The molecule has 0 aliphatic carbocycles. The second kappa shape index (κ2) is 11.8. The number of hydrogen-bond donors (Lipinski definition) is 2. The van der Waals surface area contributed by atoms with Crippen LogP contribution in [0.15, 0.2) is 78.9 Å². The van der Waals surface area contributed by atoms with Crippen molar-refractivity contribution in [3.05, 3.63) is 89.4 Å². The van der Waals surface area contributed by atoms with Crippen molar-refractivity contribution < 1.29 is 9.53 Å². The lowest BCUT2D eigenvalue weighted by Gasteiger charge is -2.36. The highest BCUT2D eigenvalue weighted by Crippen LogP contribution is 2.22. The van der Waals surface area contributed by atoms with Crippen LogP contribution >= 0.6 is 23.8 Å². The van der Waals surface area contributed by atoms with E-state index in [9.17, 15) is 4.79 Å². The van der Waals surface area contributed by atoms with E-state index in [1.807, 2.05) is 48.5 Å². The van der Waals surface area contributed by atoms with E-state index in [0.717, 1.165) is 49.1 Å². The Labute approximate surface area is 210 Å². The molecule has 0 bridgehead atoms. The lowest BCUT2D eigenvalue weighted by atomic mass is 10.2. The van der Waals surface area contributed by atoms with Crippen molar-refractivity contribution in [2.75, 3.05) is 43.0 Å². The molecule has 1 aliphatic rings. The van der Waals surface area contributed by atoms with E-state index in [1.165, 1.54) is 5.56 Å². The van der Waals surface area contributed by atoms with Gasteiger partial charge < -0.3 is 15.0 Å². The quantitative estimate of drug-likeness (QED) is 0.470. The van der Waals surface area contributed by atoms with Crippen LogP contribution in [0.4, 0.5) is 11.4 Å². The van der Waals surface area contributed by atoms with Crippen molar-refractivity contribution in [1.29, 1.82) is 0 Å². The van der Waals surface area contributed by atoms with Gasteiger partial charge in [-0.1, -0.05) is 48.0 Å². The number of halogens is 1. The van der Waals surface area contributed by atoms with Crippen molar-refractivity contribution >= 4 is 46.2 Å². The summed E-state index contributed by atoms with van der Waals surface area (Å²) in [5, 5.41) is 6.75. The van der Waals surface area contributed by atoms with Crippen LogP contribution in [0.5, 0.6) is 5.75 Å². The van der Waals surface area contributed by atoms with E-state index in [0.29, 0.717) is 5.75 Å². The van der Waals surface area contributed by atoms with Crippen LogP contribution in [-0.4, -0.2) is 48.7 Å². The van der Waals surface area contributed by atoms with Crippen molar-refractivity contribution in [3.63, 3.8) is 0 Å². The number of ether oxygens (including phenoxy) is 1. The highest BCUT2D eigenvalue weighted by atomic mass is 35.5. The lowest BCUT2D eigenvalue weighted by Crippen LogP contribution is -2.46. The molecule has 0 spiro atoms. The number of amides is 1. The van der Waals surface area contributed by atoms with E-state index in [4.69, 9.17) is 28.6 Å². The van der Waals surface area contributed by atoms with Crippen molar-refractivity contribution in [1.82, 2.24) is 10.2 Å². The van der Waals surface area contributed by atoms with Gasteiger partial charge in [-0.25, -0.2) is 0 Å². The summed E-state index contributed by atoms with van der Waals surface area (Å²) in [4.78, 5) is 16.9. The number of piperazine rings is 1. The highest BCUT2D eigenvalue weighted by Gasteiger charge is 2.18. The second-order valence-electron chi connectivity index (χ2n) is 8.01. The van der Waals surface area contributed by atoms with Gasteiger partial charge in [-0.2, -0.15) is 0 Å². The maximum atomic E-state index is 12.1. The molecule has 0 radical (unpaired) electrons. The Bertz CT molecular complexity index is 1100. The Balaban J connectivity index is 1.20. The van der Waals surface area contributed by atoms with Crippen molar-refractivity contribution in [2.24, 2.45) is 0 Å². The molecule has 1 saturated heterocycles. The SMILES string of the molecule is O=C(COc1ccccc1)NC(=S)Nc1ccc(N2CCN(Cc3ccccc3Cl)CC2)cc1. The number of nitrogens with zero attached hydrogens (tertiary/aromatic N) is 2. The molecular formula is C26H27ClN4O2S. The average molecular weight is 495 g/mol. The zero-order chi connectivity index (χ0) is 23.8. The monoisotopic (exact) mass is 494 g/mol. The molecule has 3 aromatic rings. The number of thiocarbonyl (C=S) groups is 1. The predicted molar refractivity (Wildman–Crippen MR) is 142 cm³/mol. The molecule has 0 atom stereocenters. The number of rotatable bonds is 7. The van der Waals surface area contributed by atoms with Crippen LogP contribution < -0.4 is 20.3 Å². The van der Waals surface area contributed by atoms with Crippen LogP contribution in [0.3, 0.4) is 0 Å². The van der Waals surface area contributed by atoms with Gasteiger partial charge in [0, 0.05) is 49.1 Å². The minimum atomic E-state index is -0.312. The molecule has 4 rings (SSSR count). The predicted octanol–water partition coefficient (Wildman–Crippen LogP) is 4.55. The number of nitrogens with one attached hydrogen (secondary N) is 2. The largest absolute Gasteiger partial charge is 0.484 e. The minimum absolute atomic E-state index is 0.104. The molecule has 1 amide bonds. The zero-order valence-electron chi connectivity index (χ0n) is 18.7. The molecule has 2 N–H and O–H groups in total. The summed E-state index contributed by atoms with van der Waals surface area (Å²) in [7, 11) is 0. The summed E-state index contributed by atoms with van der Waals surface area (Å²) in [6, 6.07) is 25.3. The molecule has 3 aromatic carbocycles. The molecule has 0 aromatic heterocycles. The first kappa shape index (κ1) is 24.0. The molecule has 8 heteroatoms. The van der Waals surface area contributed by atoms with Crippen molar-refractivity contribution in [3.8, 4) is 5.75 Å². The topological polar surface area (TPSA) is 56.8 Å². The Morgan fingerprint density at radius 3 is 2.29 bits per heavy atom. The summed E-state index contributed by atoms with van der Waals surface area (Å²) in [6.07, 6.45) is 0. The molecule has 34 heavy (non-hydrogen) atoms. The van der Waals surface area contributed by atoms with E-state index in [2.05, 4.69) is 38.6 Å². The lowest BCUT2D eigenvalue weighted by molar-refractivity contribution is -0.121. The van der Waals surface area contributed by atoms with Crippen LogP contribution in [0.1, 0.15) is 5.56 Å². The third-order valence-corrected chi connectivity index (χ3v) is 6.15. The third kappa shape index (κ3) is 6.93. The van der Waals surface area contributed by atoms with E-state index < -0.39 is 0 Å². The van der Waals surface area contributed by atoms with Gasteiger partial charge in [0.15, 0.2) is 11.7 Å². The smallest absolute Gasteiger partial charge is 0.264 e. The van der Waals surface area contributed by atoms with Gasteiger partial charge in [-0.15, -0.1) is 0 Å². The van der Waals surface area contributed by atoms with E-state index >= 15 is 0 Å². The third-order valence-electron chi connectivity index (χ3n) is 5.58. The fraction of sp³-hybridized carbons (Fsp3) is 0.231. The van der Waals surface area contributed by atoms with Gasteiger partial charge in [-0.3, -0.25) is 15.0 Å². The number of hydrogen-bond acceptors (Lipinski definition) is 5. The molecule has 1 aliphatic heterocycles. The van der Waals surface area contributed by atoms with Crippen LogP contribution in [0.25, 0.3) is 0 Å². The summed E-state index contributed by atoms with van der Waals surface area (Å²) >= 11 is 11.6. The summed E-state index contributed by atoms with van der Waals surface area (Å²) in [5.41, 5.74) is 3.15. The Kier molecular flexibility index (Phi) is 8.36. The van der Waals surface area contributed by atoms with Gasteiger partial charge in [0.1, 0.15) is 5.75 Å². The number of carbonyl (C=O) groups is 1. The Morgan fingerprint density at radius 1 is 0.912 bits per heavy atom. The zero-order valence-corrected chi connectivity index (χ0v) is 20.3. The van der Waals surface area contributed by atoms with Gasteiger partial charge in [0.25, 0.3) is 5.91 Å². The van der Waals surface area contributed by atoms with E-state index in [-0.39, 0.29) is 17.6 Å². The number of carbonyl (C=O) groups excluding carboxylic acids is 1. The molecule has 1 fully saturated rings. The normalized spacial score (nSPS) is 13.9. The van der Waals surface area contributed by atoms with Gasteiger partial charge in [0.05, 0.1) is 0 Å². The first-order valence-electron chi connectivity index (χ1n) is 11.2. The minimum Gasteiger partial charge on any atom is -0.484 e. The maximum Gasteiger partial charge on any atom is 0.264 e. The molecule has 0 saturated carbocycles. The first-order chi connectivity index (χ1) is 16.6. The van der Waals surface area contributed by atoms with Gasteiger partial charge in [-0.05, 0) is 60.2 Å². The summed E-state index contributed by atoms with van der Waals surface area (Å²) < 4.78 is 5.43. The second-order valence-corrected chi connectivity index (χ2v) is 8.82. The molecule has 0 unspecified atom stereocenters. The Hall–Kier alpha value is -3.13.